The van der Waals surface area contributed by atoms with Crippen LogP contribution in [0.15, 0.2) is 18.2 Å². The van der Waals surface area contributed by atoms with Gasteiger partial charge in [0.05, 0.1) is 5.92 Å². The third kappa shape index (κ3) is 2.56. The average molecular weight is 269 g/mol. The summed E-state index contributed by atoms with van der Waals surface area (Å²) in [5.74, 6) is -1.31. The number of hydrogen-bond donors (Lipinski definition) is 2. The molecule has 1 aromatic rings. The van der Waals surface area contributed by atoms with Gasteiger partial charge >= 0.3 is 12.0 Å². The molecule has 0 spiro atoms. The molecule has 2 amide bonds. The van der Waals surface area contributed by atoms with Gasteiger partial charge in [-0.15, -0.1) is 0 Å². The molecule has 1 aliphatic heterocycles. The Kier molecular flexibility index (Phi) is 3.43. The Morgan fingerprint density at radius 2 is 2.11 bits per heavy atom. The van der Waals surface area contributed by atoms with Gasteiger partial charge in [-0.25, -0.2) is 4.79 Å². The molecule has 5 nitrogen and oxygen atoms in total. The SMILES string of the molecule is Cc1ccc(Cl)cc1NC(=O)N1CC(C(=O)O)C1. The van der Waals surface area contributed by atoms with Crippen LogP contribution in [0.25, 0.3) is 0 Å². The van der Waals surface area contributed by atoms with Gasteiger partial charge in [-0.2, -0.15) is 0 Å². The summed E-state index contributed by atoms with van der Waals surface area (Å²) < 4.78 is 0. The first kappa shape index (κ1) is 12.7. The highest BCUT2D eigenvalue weighted by molar-refractivity contribution is 6.31. The summed E-state index contributed by atoms with van der Waals surface area (Å²) in [5, 5.41) is 12.0. The van der Waals surface area contributed by atoms with Crippen LogP contribution < -0.4 is 5.32 Å². The Labute approximate surface area is 109 Å². The molecule has 0 unspecified atom stereocenters. The molecule has 1 fully saturated rings. The van der Waals surface area contributed by atoms with Gasteiger partial charge in [-0.05, 0) is 24.6 Å². The first-order valence-corrected chi connectivity index (χ1v) is 5.90. The molecule has 0 saturated carbocycles. The second-order valence-electron chi connectivity index (χ2n) is 4.33. The van der Waals surface area contributed by atoms with E-state index in [-0.39, 0.29) is 19.1 Å². The largest absolute Gasteiger partial charge is 0.481 e. The van der Waals surface area contributed by atoms with Crippen molar-refractivity contribution in [1.29, 1.82) is 0 Å². The van der Waals surface area contributed by atoms with E-state index in [1.54, 1.807) is 12.1 Å². The van der Waals surface area contributed by atoms with Crippen molar-refractivity contribution in [3.05, 3.63) is 28.8 Å². The van der Waals surface area contributed by atoms with Crippen LogP contribution in [-0.2, 0) is 4.79 Å². The summed E-state index contributed by atoms with van der Waals surface area (Å²) in [6, 6.07) is 4.94. The summed E-state index contributed by atoms with van der Waals surface area (Å²) in [6.45, 7) is 2.36. The number of nitrogens with zero attached hydrogens (tertiary/aromatic N) is 1. The predicted octanol–water partition coefficient (Wildman–Crippen LogP) is 2.20. The van der Waals surface area contributed by atoms with Crippen LogP contribution in [0.4, 0.5) is 10.5 Å². The lowest BCUT2D eigenvalue weighted by Gasteiger charge is -2.36. The van der Waals surface area contributed by atoms with E-state index < -0.39 is 11.9 Å². The molecule has 1 aromatic carbocycles. The maximum atomic E-state index is 11.8. The van der Waals surface area contributed by atoms with Crippen LogP contribution in [0.3, 0.4) is 0 Å². The summed E-state index contributed by atoms with van der Waals surface area (Å²) in [5.41, 5.74) is 1.55. The molecule has 0 radical (unpaired) electrons. The van der Waals surface area contributed by atoms with Gasteiger partial charge in [0.15, 0.2) is 0 Å². The molecule has 1 aliphatic rings. The third-order valence-corrected chi connectivity index (χ3v) is 3.19. The number of benzene rings is 1. The minimum atomic E-state index is -0.863. The number of carbonyl (C=O) groups is 2. The fraction of sp³-hybridized carbons (Fsp3) is 0.333. The topological polar surface area (TPSA) is 69.6 Å². The highest BCUT2D eigenvalue weighted by Crippen LogP contribution is 2.22. The first-order chi connectivity index (χ1) is 8.47. The number of aryl methyl sites for hydroxylation is 1. The maximum absolute atomic E-state index is 11.8. The number of likely N-dealkylation sites (tertiary alicyclic amines) is 1. The molecule has 2 N–H and O–H groups in total. The Balaban J connectivity index is 1.96. The van der Waals surface area contributed by atoms with Gasteiger partial charge in [0, 0.05) is 23.8 Å². The summed E-state index contributed by atoms with van der Waals surface area (Å²) in [6.07, 6.45) is 0. The van der Waals surface area contributed by atoms with E-state index in [0.717, 1.165) is 5.56 Å². The zero-order valence-electron chi connectivity index (χ0n) is 9.81. The molecule has 18 heavy (non-hydrogen) atoms. The number of nitrogens with one attached hydrogen (secondary N) is 1. The van der Waals surface area contributed by atoms with Crippen molar-refractivity contribution < 1.29 is 14.7 Å². The molecule has 0 atom stereocenters. The first-order valence-electron chi connectivity index (χ1n) is 5.52. The van der Waals surface area contributed by atoms with Crippen LogP contribution in [0, 0.1) is 12.8 Å². The number of hydrogen-bond acceptors (Lipinski definition) is 2. The van der Waals surface area contributed by atoms with Crippen molar-refractivity contribution in [3.8, 4) is 0 Å². The Hall–Kier alpha value is -1.75. The van der Waals surface area contributed by atoms with Crippen molar-refractivity contribution in [2.75, 3.05) is 18.4 Å². The van der Waals surface area contributed by atoms with E-state index in [1.807, 2.05) is 13.0 Å². The van der Waals surface area contributed by atoms with Crippen LogP contribution >= 0.6 is 11.6 Å². The summed E-state index contributed by atoms with van der Waals surface area (Å²) in [4.78, 5) is 23.9. The number of halogens is 1. The minimum Gasteiger partial charge on any atom is -0.481 e. The van der Waals surface area contributed by atoms with Gasteiger partial charge in [0.25, 0.3) is 0 Å². The van der Waals surface area contributed by atoms with Gasteiger partial charge in [-0.3, -0.25) is 4.79 Å². The normalized spacial score (nSPS) is 15.1. The van der Waals surface area contributed by atoms with Crippen LogP contribution in [0.5, 0.6) is 0 Å². The number of carboxylic acid groups (broad SMARTS) is 1. The van der Waals surface area contributed by atoms with Gasteiger partial charge in [0.2, 0.25) is 0 Å². The van der Waals surface area contributed by atoms with E-state index in [1.165, 1.54) is 4.90 Å². The number of anilines is 1. The molecule has 0 aliphatic carbocycles. The standard InChI is InChI=1S/C12H13ClN2O3/c1-7-2-3-9(13)4-10(7)14-12(18)15-5-8(6-15)11(16)17/h2-4,8H,5-6H2,1H3,(H,14,18)(H,16,17). The van der Waals surface area contributed by atoms with E-state index in [9.17, 15) is 9.59 Å². The molecule has 2 rings (SSSR count). The molecule has 0 bridgehead atoms. The number of urea groups is 1. The maximum Gasteiger partial charge on any atom is 0.321 e. The van der Waals surface area contributed by atoms with Gasteiger partial charge in [0.1, 0.15) is 0 Å². The summed E-state index contributed by atoms with van der Waals surface area (Å²) >= 11 is 5.85. The fourth-order valence-corrected chi connectivity index (χ4v) is 1.90. The van der Waals surface area contributed by atoms with Gasteiger partial charge < -0.3 is 15.3 Å². The van der Waals surface area contributed by atoms with Crippen molar-refractivity contribution >= 4 is 29.3 Å². The van der Waals surface area contributed by atoms with Gasteiger partial charge in [-0.1, -0.05) is 17.7 Å². The number of amides is 2. The van der Waals surface area contributed by atoms with Crippen molar-refractivity contribution in [3.63, 3.8) is 0 Å². The monoisotopic (exact) mass is 268 g/mol. The highest BCUT2D eigenvalue weighted by Gasteiger charge is 2.35. The quantitative estimate of drug-likeness (QED) is 0.864. The van der Waals surface area contributed by atoms with Crippen molar-refractivity contribution in [2.24, 2.45) is 5.92 Å². The lowest BCUT2D eigenvalue weighted by Crippen LogP contribution is -2.54. The zero-order chi connectivity index (χ0) is 13.3. The van der Waals surface area contributed by atoms with E-state index in [0.29, 0.717) is 10.7 Å². The summed E-state index contributed by atoms with van der Waals surface area (Å²) in [7, 11) is 0. The average Bonchev–Trinajstić information content (AvgIpc) is 2.20. The second-order valence-corrected chi connectivity index (χ2v) is 4.77. The number of carboxylic acids is 1. The van der Waals surface area contributed by atoms with Crippen LogP contribution in [0.1, 0.15) is 5.56 Å². The molecule has 1 saturated heterocycles. The fourth-order valence-electron chi connectivity index (χ4n) is 1.72. The predicted molar refractivity (Wildman–Crippen MR) is 67.9 cm³/mol. The number of carbonyl (C=O) groups excluding carboxylic acids is 1. The van der Waals surface area contributed by atoms with E-state index in [2.05, 4.69) is 5.32 Å². The number of rotatable bonds is 2. The molecular formula is C12H13ClN2O3. The Morgan fingerprint density at radius 1 is 1.44 bits per heavy atom. The Bertz CT molecular complexity index is 498. The molecule has 0 aromatic heterocycles. The van der Waals surface area contributed by atoms with Crippen LogP contribution in [-0.4, -0.2) is 35.1 Å². The molecule has 6 heteroatoms. The lowest BCUT2D eigenvalue weighted by molar-refractivity contribution is -0.145. The van der Waals surface area contributed by atoms with E-state index >= 15 is 0 Å². The van der Waals surface area contributed by atoms with E-state index in [4.69, 9.17) is 16.7 Å². The minimum absolute atomic E-state index is 0.251. The zero-order valence-corrected chi connectivity index (χ0v) is 10.6. The second kappa shape index (κ2) is 4.86. The third-order valence-electron chi connectivity index (χ3n) is 2.96. The lowest BCUT2D eigenvalue weighted by atomic mass is 10.0. The molecular weight excluding hydrogens is 256 g/mol. The number of aliphatic carboxylic acids is 1. The molecule has 96 valence electrons. The molecule has 1 heterocycles. The Morgan fingerprint density at radius 3 is 2.72 bits per heavy atom. The van der Waals surface area contributed by atoms with Crippen molar-refractivity contribution in [2.45, 2.75) is 6.92 Å². The smallest absolute Gasteiger partial charge is 0.321 e. The van der Waals surface area contributed by atoms with Crippen molar-refractivity contribution in [1.82, 2.24) is 4.90 Å². The van der Waals surface area contributed by atoms with Crippen LogP contribution in [0.2, 0.25) is 5.02 Å². The highest BCUT2D eigenvalue weighted by atomic mass is 35.5.